The predicted molar refractivity (Wildman–Crippen MR) is 83.8 cm³/mol. The zero-order chi connectivity index (χ0) is 15.9. The summed E-state index contributed by atoms with van der Waals surface area (Å²) >= 11 is 1.33. The monoisotopic (exact) mass is 321 g/mol. The van der Waals surface area contributed by atoms with Gasteiger partial charge in [-0.15, -0.1) is 5.10 Å². The van der Waals surface area contributed by atoms with Crippen LogP contribution in [0.2, 0.25) is 0 Å². The minimum absolute atomic E-state index is 0.0564. The van der Waals surface area contributed by atoms with Crippen molar-refractivity contribution >= 4 is 17.7 Å². The number of thioether (sulfide) groups is 1. The van der Waals surface area contributed by atoms with E-state index in [0.717, 1.165) is 11.3 Å². The second-order valence-electron chi connectivity index (χ2n) is 4.91. The number of hydrogen-bond donors (Lipinski definition) is 1. The van der Waals surface area contributed by atoms with Crippen molar-refractivity contribution in [3.05, 3.63) is 29.8 Å². The molecule has 2 aromatic rings. The van der Waals surface area contributed by atoms with Gasteiger partial charge < -0.3 is 10.1 Å². The second-order valence-corrected chi connectivity index (χ2v) is 5.86. The average molecular weight is 321 g/mol. The third-order valence-corrected chi connectivity index (χ3v) is 3.87. The van der Waals surface area contributed by atoms with Crippen molar-refractivity contribution in [2.75, 3.05) is 12.9 Å². The van der Waals surface area contributed by atoms with Gasteiger partial charge in [-0.2, -0.15) is 0 Å². The molecule has 0 saturated heterocycles. The number of carbonyl (C=O) groups excluding carboxylic acids is 1. The van der Waals surface area contributed by atoms with Gasteiger partial charge in [0, 0.05) is 6.54 Å². The highest BCUT2D eigenvalue weighted by Crippen LogP contribution is 2.17. The molecule has 8 heteroatoms. The van der Waals surface area contributed by atoms with E-state index >= 15 is 0 Å². The molecule has 1 heterocycles. The lowest BCUT2D eigenvalue weighted by atomic mass is 10.2. The first-order valence-electron chi connectivity index (χ1n) is 6.90. The maximum atomic E-state index is 11.9. The van der Waals surface area contributed by atoms with Crippen LogP contribution in [0.25, 0.3) is 0 Å². The van der Waals surface area contributed by atoms with Crippen molar-refractivity contribution in [1.82, 2.24) is 25.5 Å². The normalized spacial score (nSPS) is 10.7. The van der Waals surface area contributed by atoms with Crippen LogP contribution in [0, 0.1) is 0 Å². The molecule has 1 amide bonds. The van der Waals surface area contributed by atoms with Gasteiger partial charge in [-0.05, 0) is 42.0 Å². The summed E-state index contributed by atoms with van der Waals surface area (Å²) in [6, 6.07) is 7.75. The van der Waals surface area contributed by atoms with E-state index in [0.29, 0.717) is 11.7 Å². The molecule has 1 N–H and O–H groups in total. The molecular formula is C14H19N5O2S. The fraction of sp³-hybridized carbons (Fsp3) is 0.429. The smallest absolute Gasteiger partial charge is 0.230 e. The molecule has 2 rings (SSSR count). The summed E-state index contributed by atoms with van der Waals surface area (Å²) in [5, 5.41) is 15.0. The second kappa shape index (κ2) is 7.79. The van der Waals surface area contributed by atoms with E-state index in [1.54, 1.807) is 11.8 Å². The molecule has 7 nitrogen and oxygen atoms in total. The summed E-state index contributed by atoms with van der Waals surface area (Å²) in [5.41, 5.74) is 1.02. The van der Waals surface area contributed by atoms with Crippen LogP contribution in [-0.4, -0.2) is 39.0 Å². The van der Waals surface area contributed by atoms with E-state index in [1.807, 2.05) is 38.1 Å². The molecule has 0 aliphatic heterocycles. The summed E-state index contributed by atoms with van der Waals surface area (Å²) in [5.74, 6) is 1.02. The minimum atomic E-state index is -0.0564. The molecule has 0 aliphatic rings. The first-order chi connectivity index (χ1) is 10.6. The Morgan fingerprint density at radius 3 is 2.73 bits per heavy atom. The number of nitrogens with one attached hydrogen (secondary N) is 1. The molecule has 0 fully saturated rings. The van der Waals surface area contributed by atoms with Crippen LogP contribution < -0.4 is 10.1 Å². The van der Waals surface area contributed by atoms with Gasteiger partial charge in [-0.1, -0.05) is 23.9 Å². The van der Waals surface area contributed by atoms with Crippen LogP contribution in [0.1, 0.15) is 25.5 Å². The van der Waals surface area contributed by atoms with Crippen molar-refractivity contribution in [3.63, 3.8) is 0 Å². The molecule has 22 heavy (non-hydrogen) atoms. The third-order valence-electron chi connectivity index (χ3n) is 2.93. The SMILES string of the molecule is COc1ccc(CNC(=O)CSc2nnnn2C(C)C)cc1. The number of ether oxygens (including phenoxy) is 1. The zero-order valence-electron chi connectivity index (χ0n) is 12.8. The Bertz CT molecular complexity index is 612. The maximum Gasteiger partial charge on any atom is 0.230 e. The van der Waals surface area contributed by atoms with E-state index < -0.39 is 0 Å². The van der Waals surface area contributed by atoms with Crippen molar-refractivity contribution < 1.29 is 9.53 Å². The van der Waals surface area contributed by atoms with Gasteiger partial charge in [0.05, 0.1) is 18.9 Å². The van der Waals surface area contributed by atoms with Gasteiger partial charge in [-0.3, -0.25) is 4.79 Å². The lowest BCUT2D eigenvalue weighted by molar-refractivity contribution is -0.118. The molecule has 0 unspecified atom stereocenters. The Kier molecular flexibility index (Phi) is 5.76. The Morgan fingerprint density at radius 1 is 1.36 bits per heavy atom. The Labute approximate surface area is 133 Å². The predicted octanol–water partition coefficient (Wildman–Crippen LogP) is 1.67. The fourth-order valence-electron chi connectivity index (χ4n) is 1.73. The van der Waals surface area contributed by atoms with E-state index in [1.165, 1.54) is 11.8 Å². The summed E-state index contributed by atoms with van der Waals surface area (Å²) in [4.78, 5) is 11.9. The molecule has 0 bridgehead atoms. The highest BCUT2D eigenvalue weighted by atomic mass is 32.2. The molecule has 118 valence electrons. The van der Waals surface area contributed by atoms with Gasteiger partial charge >= 0.3 is 0 Å². The lowest BCUT2D eigenvalue weighted by Gasteiger charge is -2.08. The number of aromatic nitrogens is 4. The van der Waals surface area contributed by atoms with Crippen molar-refractivity contribution in [3.8, 4) is 5.75 Å². The van der Waals surface area contributed by atoms with Crippen molar-refractivity contribution in [1.29, 1.82) is 0 Å². The minimum Gasteiger partial charge on any atom is -0.497 e. The van der Waals surface area contributed by atoms with Crippen molar-refractivity contribution in [2.24, 2.45) is 0 Å². The molecule has 0 radical (unpaired) electrons. The summed E-state index contributed by atoms with van der Waals surface area (Å²) in [6.07, 6.45) is 0. The number of benzene rings is 1. The number of tetrazole rings is 1. The summed E-state index contributed by atoms with van der Waals surface area (Å²) < 4.78 is 6.79. The van der Waals surface area contributed by atoms with Gasteiger partial charge in [0.15, 0.2) is 0 Å². The molecule has 0 spiro atoms. The van der Waals surface area contributed by atoms with Crippen LogP contribution in [0.3, 0.4) is 0 Å². The van der Waals surface area contributed by atoms with Gasteiger partial charge in [0.2, 0.25) is 11.1 Å². The van der Waals surface area contributed by atoms with Gasteiger partial charge in [0.25, 0.3) is 0 Å². The molecule has 0 saturated carbocycles. The summed E-state index contributed by atoms with van der Waals surface area (Å²) in [6.45, 7) is 4.47. The van der Waals surface area contributed by atoms with Gasteiger partial charge in [-0.25, -0.2) is 4.68 Å². The Hall–Kier alpha value is -2.09. The van der Waals surface area contributed by atoms with Crippen LogP contribution in [-0.2, 0) is 11.3 Å². The topological polar surface area (TPSA) is 81.9 Å². The van der Waals surface area contributed by atoms with E-state index in [-0.39, 0.29) is 17.7 Å². The average Bonchev–Trinajstić information content (AvgIpc) is 3.00. The maximum absolute atomic E-state index is 11.9. The molecule has 0 atom stereocenters. The largest absolute Gasteiger partial charge is 0.497 e. The fourth-order valence-corrected chi connectivity index (χ4v) is 2.57. The Morgan fingerprint density at radius 2 is 2.09 bits per heavy atom. The molecule has 1 aromatic heterocycles. The van der Waals surface area contributed by atoms with E-state index in [4.69, 9.17) is 4.74 Å². The zero-order valence-corrected chi connectivity index (χ0v) is 13.6. The number of methoxy groups -OCH3 is 1. The first kappa shape index (κ1) is 16.3. The van der Waals surface area contributed by atoms with Crippen LogP contribution in [0.5, 0.6) is 5.75 Å². The quantitative estimate of drug-likeness (QED) is 0.781. The standard InChI is InChI=1S/C14H19N5O2S/c1-10(2)19-14(16-17-18-19)22-9-13(20)15-8-11-4-6-12(21-3)7-5-11/h4-7,10H,8-9H2,1-3H3,(H,15,20). The number of amides is 1. The van der Waals surface area contributed by atoms with Crippen LogP contribution >= 0.6 is 11.8 Å². The number of nitrogens with zero attached hydrogens (tertiary/aromatic N) is 4. The first-order valence-corrected chi connectivity index (χ1v) is 7.89. The lowest BCUT2D eigenvalue weighted by Crippen LogP contribution is -2.24. The van der Waals surface area contributed by atoms with E-state index in [2.05, 4.69) is 20.8 Å². The molecule has 1 aromatic carbocycles. The number of carbonyl (C=O) groups is 1. The number of rotatable bonds is 7. The number of hydrogen-bond acceptors (Lipinski definition) is 6. The Balaban J connectivity index is 1.79. The van der Waals surface area contributed by atoms with Crippen LogP contribution in [0.15, 0.2) is 29.4 Å². The molecular weight excluding hydrogens is 302 g/mol. The van der Waals surface area contributed by atoms with Crippen molar-refractivity contribution in [2.45, 2.75) is 31.6 Å². The molecule has 0 aliphatic carbocycles. The van der Waals surface area contributed by atoms with Crippen LogP contribution in [0.4, 0.5) is 0 Å². The van der Waals surface area contributed by atoms with Gasteiger partial charge in [0.1, 0.15) is 5.75 Å². The van der Waals surface area contributed by atoms with E-state index in [9.17, 15) is 4.79 Å². The third kappa shape index (κ3) is 4.45. The summed E-state index contributed by atoms with van der Waals surface area (Å²) in [7, 11) is 1.62. The highest BCUT2D eigenvalue weighted by molar-refractivity contribution is 7.99. The highest BCUT2D eigenvalue weighted by Gasteiger charge is 2.11.